The standard InChI is InChI=1S/C14H19NO/c1-5-14(2,3)11-15(4)13(16)12-9-7-6-8-10-12/h5-10H,1,11H2,2-4H3. The molecule has 0 unspecified atom stereocenters. The lowest BCUT2D eigenvalue weighted by atomic mass is 9.93. The van der Waals surface area contributed by atoms with Gasteiger partial charge in [-0.3, -0.25) is 4.79 Å². The normalized spacial score (nSPS) is 10.9. The molecule has 1 aromatic carbocycles. The minimum atomic E-state index is -0.0564. The van der Waals surface area contributed by atoms with Gasteiger partial charge in [0.1, 0.15) is 0 Å². The number of carbonyl (C=O) groups is 1. The van der Waals surface area contributed by atoms with E-state index in [0.29, 0.717) is 6.54 Å². The van der Waals surface area contributed by atoms with E-state index in [0.717, 1.165) is 5.56 Å². The van der Waals surface area contributed by atoms with E-state index in [4.69, 9.17) is 0 Å². The smallest absolute Gasteiger partial charge is 0.253 e. The highest BCUT2D eigenvalue weighted by Gasteiger charge is 2.19. The summed E-state index contributed by atoms with van der Waals surface area (Å²) in [5.74, 6) is 0.0514. The Morgan fingerprint density at radius 3 is 2.44 bits per heavy atom. The summed E-state index contributed by atoms with van der Waals surface area (Å²) in [5.41, 5.74) is 0.670. The molecule has 86 valence electrons. The van der Waals surface area contributed by atoms with E-state index in [1.807, 2.05) is 43.5 Å². The lowest BCUT2D eigenvalue weighted by molar-refractivity contribution is 0.0758. The molecule has 0 radical (unpaired) electrons. The lowest BCUT2D eigenvalue weighted by Gasteiger charge is -2.27. The average molecular weight is 217 g/mol. The quantitative estimate of drug-likeness (QED) is 0.710. The molecule has 0 heterocycles. The van der Waals surface area contributed by atoms with Crippen molar-refractivity contribution in [3.8, 4) is 0 Å². The van der Waals surface area contributed by atoms with Crippen LogP contribution in [0.1, 0.15) is 24.2 Å². The molecule has 0 saturated carbocycles. The Morgan fingerprint density at radius 1 is 1.38 bits per heavy atom. The Balaban J connectivity index is 2.72. The SMILES string of the molecule is C=CC(C)(C)CN(C)C(=O)c1ccccc1. The highest BCUT2D eigenvalue weighted by atomic mass is 16.2. The van der Waals surface area contributed by atoms with Crippen LogP contribution in [0.2, 0.25) is 0 Å². The van der Waals surface area contributed by atoms with Crippen molar-refractivity contribution in [1.82, 2.24) is 4.90 Å². The van der Waals surface area contributed by atoms with E-state index in [9.17, 15) is 4.79 Å². The van der Waals surface area contributed by atoms with E-state index in [1.54, 1.807) is 4.90 Å². The zero-order valence-electron chi connectivity index (χ0n) is 10.2. The third-order valence-electron chi connectivity index (χ3n) is 2.56. The van der Waals surface area contributed by atoms with Crippen molar-refractivity contribution < 1.29 is 4.79 Å². The highest BCUT2D eigenvalue weighted by molar-refractivity contribution is 5.94. The van der Waals surface area contributed by atoms with Crippen molar-refractivity contribution in [3.63, 3.8) is 0 Å². The lowest BCUT2D eigenvalue weighted by Crippen LogP contribution is -2.34. The van der Waals surface area contributed by atoms with Gasteiger partial charge < -0.3 is 4.90 Å². The Kier molecular flexibility index (Phi) is 3.88. The van der Waals surface area contributed by atoms with Crippen LogP contribution in [0.25, 0.3) is 0 Å². The van der Waals surface area contributed by atoms with Crippen LogP contribution in [0.3, 0.4) is 0 Å². The van der Waals surface area contributed by atoms with Crippen molar-refractivity contribution in [2.24, 2.45) is 5.41 Å². The van der Waals surface area contributed by atoms with Gasteiger partial charge >= 0.3 is 0 Å². The van der Waals surface area contributed by atoms with Crippen LogP contribution in [0.15, 0.2) is 43.0 Å². The first-order valence-electron chi connectivity index (χ1n) is 5.40. The molecule has 0 N–H and O–H groups in total. The molecular weight excluding hydrogens is 198 g/mol. The maximum absolute atomic E-state index is 12.0. The molecule has 0 spiro atoms. The molecule has 16 heavy (non-hydrogen) atoms. The summed E-state index contributed by atoms with van der Waals surface area (Å²) in [6, 6.07) is 9.32. The fourth-order valence-electron chi connectivity index (χ4n) is 1.55. The van der Waals surface area contributed by atoms with Gasteiger partial charge in [0.15, 0.2) is 0 Å². The Hall–Kier alpha value is -1.57. The topological polar surface area (TPSA) is 20.3 Å². The summed E-state index contributed by atoms with van der Waals surface area (Å²) >= 11 is 0. The maximum Gasteiger partial charge on any atom is 0.253 e. The zero-order chi connectivity index (χ0) is 12.2. The highest BCUT2D eigenvalue weighted by Crippen LogP contribution is 2.18. The van der Waals surface area contributed by atoms with Crippen LogP contribution < -0.4 is 0 Å². The van der Waals surface area contributed by atoms with Crippen LogP contribution in [0, 0.1) is 5.41 Å². The van der Waals surface area contributed by atoms with Gasteiger partial charge in [0.05, 0.1) is 0 Å². The molecule has 0 fully saturated rings. The van der Waals surface area contributed by atoms with E-state index in [-0.39, 0.29) is 11.3 Å². The summed E-state index contributed by atoms with van der Waals surface area (Å²) in [5, 5.41) is 0. The van der Waals surface area contributed by atoms with Crippen LogP contribution in [0.5, 0.6) is 0 Å². The van der Waals surface area contributed by atoms with E-state index >= 15 is 0 Å². The molecule has 0 aliphatic rings. The second kappa shape index (κ2) is 4.97. The predicted molar refractivity (Wildman–Crippen MR) is 67.4 cm³/mol. The van der Waals surface area contributed by atoms with Crippen molar-refractivity contribution >= 4 is 5.91 Å². The number of benzene rings is 1. The summed E-state index contributed by atoms with van der Waals surface area (Å²) in [7, 11) is 1.82. The van der Waals surface area contributed by atoms with Gasteiger partial charge in [-0.15, -0.1) is 6.58 Å². The molecule has 0 bridgehead atoms. The van der Waals surface area contributed by atoms with Gasteiger partial charge in [-0.05, 0) is 17.5 Å². The molecule has 0 aliphatic heterocycles. The summed E-state index contributed by atoms with van der Waals surface area (Å²) in [6.07, 6.45) is 1.88. The predicted octanol–water partition coefficient (Wildman–Crippen LogP) is 2.97. The monoisotopic (exact) mass is 217 g/mol. The molecular formula is C14H19NO. The van der Waals surface area contributed by atoms with E-state index in [2.05, 4.69) is 20.4 Å². The van der Waals surface area contributed by atoms with Crippen molar-refractivity contribution in [1.29, 1.82) is 0 Å². The average Bonchev–Trinajstić information content (AvgIpc) is 2.28. The van der Waals surface area contributed by atoms with Crippen molar-refractivity contribution in [2.75, 3.05) is 13.6 Å². The Morgan fingerprint density at radius 2 is 1.94 bits per heavy atom. The summed E-state index contributed by atoms with van der Waals surface area (Å²) in [4.78, 5) is 13.8. The van der Waals surface area contributed by atoms with Gasteiger partial charge in [0.25, 0.3) is 5.91 Å². The molecule has 0 saturated heterocycles. The maximum atomic E-state index is 12.0. The molecule has 1 aromatic rings. The van der Waals surface area contributed by atoms with Gasteiger partial charge in [-0.2, -0.15) is 0 Å². The minimum Gasteiger partial charge on any atom is -0.341 e. The Bertz CT molecular complexity index is 368. The number of carbonyl (C=O) groups excluding carboxylic acids is 1. The molecule has 0 aromatic heterocycles. The molecule has 1 amide bonds. The van der Waals surface area contributed by atoms with E-state index < -0.39 is 0 Å². The molecule has 0 atom stereocenters. The summed E-state index contributed by atoms with van der Waals surface area (Å²) in [6.45, 7) is 8.58. The first-order valence-corrected chi connectivity index (χ1v) is 5.40. The van der Waals surface area contributed by atoms with Crippen molar-refractivity contribution in [3.05, 3.63) is 48.6 Å². The second-order valence-electron chi connectivity index (χ2n) is 4.72. The van der Waals surface area contributed by atoms with Crippen LogP contribution >= 0.6 is 0 Å². The second-order valence-corrected chi connectivity index (χ2v) is 4.72. The number of amides is 1. The first-order chi connectivity index (χ1) is 7.46. The molecule has 0 aliphatic carbocycles. The van der Waals surface area contributed by atoms with Gasteiger partial charge in [-0.25, -0.2) is 0 Å². The molecule has 1 rings (SSSR count). The minimum absolute atomic E-state index is 0.0514. The van der Waals surface area contributed by atoms with Crippen LogP contribution in [-0.2, 0) is 0 Å². The first kappa shape index (κ1) is 12.5. The summed E-state index contributed by atoms with van der Waals surface area (Å²) < 4.78 is 0. The van der Waals surface area contributed by atoms with Gasteiger partial charge in [-0.1, -0.05) is 38.1 Å². The molecule has 2 nitrogen and oxygen atoms in total. The Labute approximate surface area is 97.6 Å². The largest absolute Gasteiger partial charge is 0.341 e. The van der Waals surface area contributed by atoms with Crippen LogP contribution in [0.4, 0.5) is 0 Å². The number of hydrogen-bond acceptors (Lipinski definition) is 1. The zero-order valence-corrected chi connectivity index (χ0v) is 10.2. The van der Waals surface area contributed by atoms with E-state index in [1.165, 1.54) is 0 Å². The number of nitrogens with zero attached hydrogens (tertiary/aromatic N) is 1. The fourth-order valence-corrected chi connectivity index (χ4v) is 1.55. The third-order valence-corrected chi connectivity index (χ3v) is 2.56. The fraction of sp³-hybridized carbons (Fsp3) is 0.357. The molecule has 2 heteroatoms. The van der Waals surface area contributed by atoms with Crippen molar-refractivity contribution in [2.45, 2.75) is 13.8 Å². The van der Waals surface area contributed by atoms with Crippen LogP contribution in [-0.4, -0.2) is 24.4 Å². The van der Waals surface area contributed by atoms with Gasteiger partial charge in [0.2, 0.25) is 0 Å². The number of rotatable bonds is 4. The third kappa shape index (κ3) is 3.23. The van der Waals surface area contributed by atoms with Gasteiger partial charge in [0, 0.05) is 19.2 Å². The number of hydrogen-bond donors (Lipinski definition) is 0.